The Labute approximate surface area is 174 Å². The van der Waals surface area contributed by atoms with Crippen molar-refractivity contribution in [2.24, 2.45) is 0 Å². The Morgan fingerprint density at radius 2 is 1.86 bits per heavy atom. The summed E-state index contributed by atoms with van der Waals surface area (Å²) in [7, 11) is 4.59. The molecular formula is C20H24N2O4S2. The van der Waals surface area contributed by atoms with Gasteiger partial charge in [0.05, 0.1) is 32.6 Å². The number of benzene rings is 1. The molecule has 150 valence electrons. The first-order chi connectivity index (χ1) is 13.6. The first-order valence-corrected chi connectivity index (χ1v) is 10.3. The second kappa shape index (κ2) is 9.25. The molecule has 6 nitrogen and oxygen atoms in total. The Kier molecular flexibility index (Phi) is 6.74. The number of hydrogen-bond acceptors (Lipinski definition) is 6. The third-order valence-corrected chi connectivity index (χ3v) is 6.11. The lowest BCUT2D eigenvalue weighted by Crippen LogP contribution is -2.20. The van der Waals surface area contributed by atoms with Crippen LogP contribution in [0.25, 0.3) is 0 Å². The summed E-state index contributed by atoms with van der Waals surface area (Å²) >= 11 is 7.07. The van der Waals surface area contributed by atoms with Crippen LogP contribution < -0.4 is 20.1 Å². The molecule has 0 spiro atoms. The molecule has 0 saturated carbocycles. The van der Waals surface area contributed by atoms with Crippen molar-refractivity contribution in [3.8, 4) is 11.5 Å². The highest BCUT2D eigenvalue weighted by Gasteiger charge is 2.25. The lowest BCUT2D eigenvalue weighted by molar-refractivity contribution is 0.0601. The van der Waals surface area contributed by atoms with E-state index in [1.54, 1.807) is 31.6 Å². The summed E-state index contributed by atoms with van der Waals surface area (Å²) in [5.74, 6) is 0.974. The fourth-order valence-electron chi connectivity index (χ4n) is 3.31. The van der Waals surface area contributed by atoms with Gasteiger partial charge in [-0.05, 0) is 55.6 Å². The van der Waals surface area contributed by atoms with Gasteiger partial charge >= 0.3 is 5.97 Å². The molecule has 0 unspecified atom stereocenters. The first kappa shape index (κ1) is 20.4. The third kappa shape index (κ3) is 4.39. The molecule has 2 N–H and O–H groups in total. The van der Waals surface area contributed by atoms with Gasteiger partial charge in [0.2, 0.25) is 0 Å². The van der Waals surface area contributed by atoms with E-state index in [1.807, 2.05) is 12.1 Å². The van der Waals surface area contributed by atoms with Gasteiger partial charge in [-0.1, -0.05) is 6.42 Å². The van der Waals surface area contributed by atoms with Crippen LogP contribution in [0, 0.1) is 0 Å². The molecule has 3 rings (SSSR count). The van der Waals surface area contributed by atoms with Crippen LogP contribution in [0.2, 0.25) is 0 Å². The van der Waals surface area contributed by atoms with E-state index in [-0.39, 0.29) is 5.97 Å². The number of esters is 1. The van der Waals surface area contributed by atoms with Gasteiger partial charge in [-0.15, -0.1) is 11.3 Å². The van der Waals surface area contributed by atoms with Crippen molar-refractivity contribution in [3.63, 3.8) is 0 Å². The largest absolute Gasteiger partial charge is 0.497 e. The lowest BCUT2D eigenvalue weighted by Gasteiger charge is -2.14. The van der Waals surface area contributed by atoms with Crippen LogP contribution in [0.1, 0.15) is 40.1 Å². The van der Waals surface area contributed by atoms with Crippen LogP contribution in [0.15, 0.2) is 18.2 Å². The van der Waals surface area contributed by atoms with Crippen LogP contribution >= 0.6 is 23.6 Å². The number of carbonyl (C=O) groups excluding carboxylic acids is 1. The summed E-state index contributed by atoms with van der Waals surface area (Å²) in [4.78, 5) is 13.7. The molecule has 1 aliphatic carbocycles. The average Bonchev–Trinajstić information content (AvgIpc) is 2.87. The predicted octanol–water partition coefficient (Wildman–Crippen LogP) is 4.63. The molecule has 1 aromatic heterocycles. The Morgan fingerprint density at radius 3 is 2.57 bits per heavy atom. The summed E-state index contributed by atoms with van der Waals surface area (Å²) < 4.78 is 15.6. The number of anilines is 2. The number of thiophene rings is 1. The minimum Gasteiger partial charge on any atom is -0.497 e. The molecule has 0 fully saturated rings. The highest BCUT2D eigenvalue weighted by molar-refractivity contribution is 7.80. The minimum absolute atomic E-state index is 0.327. The van der Waals surface area contributed by atoms with E-state index in [0.717, 1.165) is 36.2 Å². The normalized spacial score (nSPS) is 13.1. The second-order valence-corrected chi connectivity index (χ2v) is 7.92. The average molecular weight is 421 g/mol. The van der Waals surface area contributed by atoms with Crippen molar-refractivity contribution in [3.05, 3.63) is 34.2 Å². The van der Waals surface area contributed by atoms with Crippen molar-refractivity contribution in [2.75, 3.05) is 32.0 Å². The zero-order valence-corrected chi connectivity index (χ0v) is 17.9. The summed E-state index contributed by atoms with van der Waals surface area (Å²) in [6, 6.07) is 5.43. The molecule has 2 aromatic rings. The lowest BCUT2D eigenvalue weighted by atomic mass is 10.1. The van der Waals surface area contributed by atoms with Gasteiger partial charge in [0.15, 0.2) is 5.11 Å². The summed E-state index contributed by atoms with van der Waals surface area (Å²) in [5, 5.41) is 7.42. The standard InChI is InChI=1S/C20H24N2O4S2/c1-24-12-9-10-14(15(11-12)25-2)21-20(27)22-18-17(19(23)26-3)13-7-5-4-6-8-16(13)28-18/h9-11H,4-8H2,1-3H3,(H2,21,22,27). The summed E-state index contributed by atoms with van der Waals surface area (Å²) in [5.41, 5.74) is 2.41. The van der Waals surface area contributed by atoms with E-state index in [9.17, 15) is 4.79 Å². The number of ether oxygens (including phenoxy) is 3. The van der Waals surface area contributed by atoms with E-state index in [0.29, 0.717) is 27.9 Å². The monoisotopic (exact) mass is 420 g/mol. The van der Waals surface area contributed by atoms with E-state index in [2.05, 4.69) is 10.6 Å². The predicted molar refractivity (Wildman–Crippen MR) is 116 cm³/mol. The zero-order chi connectivity index (χ0) is 20.1. The van der Waals surface area contributed by atoms with E-state index in [1.165, 1.54) is 18.4 Å². The van der Waals surface area contributed by atoms with Crippen LogP contribution in [-0.4, -0.2) is 32.4 Å². The SMILES string of the molecule is COC(=O)c1c(NC(=S)Nc2ccc(OC)cc2OC)sc2c1CCCCC2. The number of rotatable bonds is 5. The second-order valence-electron chi connectivity index (χ2n) is 6.41. The third-order valence-electron chi connectivity index (χ3n) is 4.69. The van der Waals surface area contributed by atoms with Crippen molar-refractivity contribution < 1.29 is 19.0 Å². The highest BCUT2D eigenvalue weighted by Crippen LogP contribution is 2.38. The van der Waals surface area contributed by atoms with Gasteiger partial charge < -0.3 is 24.8 Å². The van der Waals surface area contributed by atoms with Crippen molar-refractivity contribution in [1.29, 1.82) is 0 Å². The van der Waals surface area contributed by atoms with E-state index < -0.39 is 0 Å². The number of nitrogens with one attached hydrogen (secondary N) is 2. The van der Waals surface area contributed by atoms with Gasteiger partial charge in [-0.2, -0.15) is 0 Å². The fraction of sp³-hybridized carbons (Fsp3) is 0.400. The maximum atomic E-state index is 12.4. The molecule has 1 aliphatic rings. The maximum Gasteiger partial charge on any atom is 0.341 e. The minimum atomic E-state index is -0.327. The number of aryl methyl sites for hydroxylation is 1. The molecule has 8 heteroatoms. The molecule has 0 atom stereocenters. The van der Waals surface area contributed by atoms with E-state index >= 15 is 0 Å². The molecule has 1 aromatic carbocycles. The smallest absolute Gasteiger partial charge is 0.341 e. The molecule has 0 amide bonds. The van der Waals surface area contributed by atoms with Crippen molar-refractivity contribution >= 4 is 45.3 Å². The van der Waals surface area contributed by atoms with Gasteiger partial charge in [-0.25, -0.2) is 4.79 Å². The topological polar surface area (TPSA) is 68.8 Å². The molecule has 0 aliphatic heterocycles. The van der Waals surface area contributed by atoms with Crippen molar-refractivity contribution in [1.82, 2.24) is 0 Å². The number of methoxy groups -OCH3 is 3. The number of hydrogen-bond donors (Lipinski definition) is 2. The molecule has 0 bridgehead atoms. The van der Waals surface area contributed by atoms with Crippen LogP contribution in [0.4, 0.5) is 10.7 Å². The van der Waals surface area contributed by atoms with E-state index in [4.69, 9.17) is 26.4 Å². The molecule has 0 radical (unpaired) electrons. The zero-order valence-electron chi connectivity index (χ0n) is 16.2. The highest BCUT2D eigenvalue weighted by atomic mass is 32.1. The Bertz CT molecular complexity index is 879. The molecule has 0 saturated heterocycles. The van der Waals surface area contributed by atoms with Gasteiger partial charge in [0.25, 0.3) is 0 Å². The van der Waals surface area contributed by atoms with Crippen LogP contribution in [-0.2, 0) is 17.6 Å². The Balaban J connectivity index is 1.83. The summed E-state index contributed by atoms with van der Waals surface area (Å²) in [6.07, 6.45) is 5.28. The molecule has 1 heterocycles. The number of thiocarbonyl (C=S) groups is 1. The molecule has 28 heavy (non-hydrogen) atoms. The Hall–Kier alpha value is -2.32. The van der Waals surface area contributed by atoms with Gasteiger partial charge in [0, 0.05) is 10.9 Å². The molecular weight excluding hydrogens is 396 g/mol. The maximum absolute atomic E-state index is 12.4. The quantitative estimate of drug-likeness (QED) is 0.415. The first-order valence-electron chi connectivity index (χ1n) is 9.10. The van der Waals surface area contributed by atoms with Gasteiger partial charge in [-0.3, -0.25) is 0 Å². The Morgan fingerprint density at radius 1 is 1.07 bits per heavy atom. The van der Waals surface area contributed by atoms with Crippen LogP contribution in [0.3, 0.4) is 0 Å². The van der Waals surface area contributed by atoms with Crippen molar-refractivity contribution in [2.45, 2.75) is 32.1 Å². The fourth-order valence-corrected chi connectivity index (χ4v) is 4.87. The number of carbonyl (C=O) groups is 1. The number of fused-ring (bicyclic) bond motifs is 1. The summed E-state index contributed by atoms with van der Waals surface area (Å²) in [6.45, 7) is 0. The van der Waals surface area contributed by atoms with Gasteiger partial charge in [0.1, 0.15) is 16.5 Å². The van der Waals surface area contributed by atoms with Crippen LogP contribution in [0.5, 0.6) is 11.5 Å².